The van der Waals surface area contributed by atoms with E-state index in [9.17, 15) is 14.9 Å². The number of benzene rings is 1. The molecule has 1 atom stereocenters. The fraction of sp³-hybridized carbons (Fsp3) is 0.421. The van der Waals surface area contributed by atoms with Crippen molar-refractivity contribution in [3.63, 3.8) is 0 Å². The number of rotatable bonds is 4. The van der Waals surface area contributed by atoms with E-state index in [4.69, 9.17) is 4.74 Å². The van der Waals surface area contributed by atoms with Gasteiger partial charge in [-0.3, -0.25) is 14.9 Å². The molecule has 2 heterocycles. The van der Waals surface area contributed by atoms with Crippen LogP contribution >= 0.6 is 0 Å². The predicted octanol–water partition coefficient (Wildman–Crippen LogP) is 2.99. The predicted molar refractivity (Wildman–Crippen MR) is 98.9 cm³/mol. The van der Waals surface area contributed by atoms with Gasteiger partial charge in [-0.05, 0) is 45.7 Å². The Morgan fingerprint density at radius 2 is 1.96 bits per heavy atom. The van der Waals surface area contributed by atoms with Gasteiger partial charge in [-0.2, -0.15) is 0 Å². The number of likely N-dealkylation sites (tertiary alicyclic amines) is 1. The molecule has 8 nitrogen and oxygen atoms in total. The third-order valence-corrected chi connectivity index (χ3v) is 4.63. The van der Waals surface area contributed by atoms with Gasteiger partial charge in [0.1, 0.15) is 6.10 Å². The van der Waals surface area contributed by atoms with Crippen LogP contribution in [0.5, 0.6) is 6.01 Å². The minimum absolute atomic E-state index is 0.0469. The smallest absolute Gasteiger partial charge is 0.317 e. The van der Waals surface area contributed by atoms with E-state index in [1.807, 2.05) is 19.9 Å². The molecule has 142 valence electrons. The summed E-state index contributed by atoms with van der Waals surface area (Å²) < 4.78 is 5.90. The van der Waals surface area contributed by atoms with Crippen molar-refractivity contribution in [2.24, 2.45) is 0 Å². The summed E-state index contributed by atoms with van der Waals surface area (Å²) >= 11 is 0. The molecule has 1 fully saturated rings. The molecule has 2 aromatic rings. The van der Waals surface area contributed by atoms with Gasteiger partial charge >= 0.3 is 6.01 Å². The number of amides is 1. The summed E-state index contributed by atoms with van der Waals surface area (Å²) in [4.78, 5) is 33.8. The van der Waals surface area contributed by atoms with Crippen LogP contribution in [0.2, 0.25) is 0 Å². The Hall–Kier alpha value is -3.03. The average molecular weight is 370 g/mol. The minimum Gasteiger partial charge on any atom is -0.458 e. The fourth-order valence-corrected chi connectivity index (χ4v) is 3.34. The van der Waals surface area contributed by atoms with Crippen molar-refractivity contribution in [2.45, 2.75) is 39.7 Å². The van der Waals surface area contributed by atoms with Crippen LogP contribution in [0.25, 0.3) is 0 Å². The van der Waals surface area contributed by atoms with Crippen molar-refractivity contribution < 1.29 is 14.5 Å². The monoisotopic (exact) mass is 370 g/mol. The van der Waals surface area contributed by atoms with Crippen molar-refractivity contribution in [3.8, 4) is 6.01 Å². The second-order valence-electron chi connectivity index (χ2n) is 6.77. The molecule has 1 unspecified atom stereocenters. The Labute approximate surface area is 157 Å². The van der Waals surface area contributed by atoms with E-state index >= 15 is 0 Å². The quantitative estimate of drug-likeness (QED) is 0.606. The van der Waals surface area contributed by atoms with Crippen LogP contribution < -0.4 is 4.74 Å². The Balaban J connectivity index is 1.75. The number of hydrogen-bond donors (Lipinski definition) is 0. The van der Waals surface area contributed by atoms with E-state index in [1.54, 1.807) is 24.0 Å². The van der Waals surface area contributed by atoms with E-state index < -0.39 is 4.92 Å². The first-order valence-corrected chi connectivity index (χ1v) is 8.87. The number of nitrogens with zero attached hydrogens (tertiary/aromatic N) is 4. The standard InChI is InChI=1S/C19H22N4O4/c1-12-10-13(2)21-19(20-12)27-15-6-5-9-22(11-15)18(24)16-7-4-8-17(14(16)3)23(25)26/h4,7-8,10,15H,5-6,9,11H2,1-3H3. The van der Waals surface area contributed by atoms with E-state index in [0.717, 1.165) is 24.2 Å². The number of ether oxygens (including phenoxy) is 1. The second-order valence-corrected chi connectivity index (χ2v) is 6.77. The Bertz CT molecular complexity index is 864. The van der Waals surface area contributed by atoms with Crippen molar-refractivity contribution in [2.75, 3.05) is 13.1 Å². The van der Waals surface area contributed by atoms with Gasteiger partial charge in [0, 0.05) is 35.1 Å². The minimum atomic E-state index is -0.467. The Morgan fingerprint density at radius 1 is 1.26 bits per heavy atom. The molecule has 1 amide bonds. The summed E-state index contributed by atoms with van der Waals surface area (Å²) in [5.41, 5.74) is 2.34. The number of aromatic nitrogens is 2. The maximum Gasteiger partial charge on any atom is 0.317 e. The molecule has 0 bridgehead atoms. The number of hydrogen-bond acceptors (Lipinski definition) is 6. The molecule has 1 aromatic heterocycles. The van der Waals surface area contributed by atoms with Crippen LogP contribution in [-0.4, -0.2) is 44.9 Å². The third-order valence-electron chi connectivity index (χ3n) is 4.63. The zero-order valence-electron chi connectivity index (χ0n) is 15.6. The topological polar surface area (TPSA) is 98.5 Å². The Kier molecular flexibility index (Phi) is 5.34. The van der Waals surface area contributed by atoms with Crippen LogP contribution in [0.4, 0.5) is 5.69 Å². The lowest BCUT2D eigenvalue weighted by atomic mass is 10.0. The summed E-state index contributed by atoms with van der Waals surface area (Å²) in [7, 11) is 0. The molecule has 3 rings (SSSR count). The number of nitro benzene ring substituents is 1. The summed E-state index contributed by atoms with van der Waals surface area (Å²) in [6.07, 6.45) is 1.38. The first-order valence-electron chi connectivity index (χ1n) is 8.87. The Morgan fingerprint density at radius 3 is 2.63 bits per heavy atom. The molecule has 1 saturated heterocycles. The maximum atomic E-state index is 12.9. The highest BCUT2D eigenvalue weighted by Gasteiger charge is 2.28. The maximum absolute atomic E-state index is 12.9. The largest absolute Gasteiger partial charge is 0.458 e. The van der Waals surface area contributed by atoms with E-state index in [2.05, 4.69) is 9.97 Å². The molecule has 1 aliphatic rings. The molecule has 1 aromatic carbocycles. The summed E-state index contributed by atoms with van der Waals surface area (Å²) in [5, 5.41) is 11.1. The zero-order chi connectivity index (χ0) is 19.6. The van der Waals surface area contributed by atoms with Gasteiger partial charge in [0.25, 0.3) is 11.6 Å². The number of aryl methyl sites for hydroxylation is 2. The lowest BCUT2D eigenvalue weighted by Crippen LogP contribution is -2.44. The lowest BCUT2D eigenvalue weighted by molar-refractivity contribution is -0.385. The molecule has 0 N–H and O–H groups in total. The van der Waals surface area contributed by atoms with Gasteiger partial charge in [-0.1, -0.05) is 6.07 Å². The SMILES string of the molecule is Cc1cc(C)nc(OC2CCCN(C(=O)c3cccc([N+](=O)[O-])c3C)C2)n1. The summed E-state index contributed by atoms with van der Waals surface area (Å²) in [6, 6.07) is 6.76. The van der Waals surface area contributed by atoms with Crippen LogP contribution in [0, 0.1) is 30.9 Å². The first-order chi connectivity index (χ1) is 12.8. The van der Waals surface area contributed by atoms with Crippen LogP contribution in [0.15, 0.2) is 24.3 Å². The van der Waals surface area contributed by atoms with Crippen molar-refractivity contribution in [3.05, 3.63) is 56.9 Å². The van der Waals surface area contributed by atoms with E-state index in [-0.39, 0.29) is 17.7 Å². The molecule has 0 saturated carbocycles. The van der Waals surface area contributed by atoms with Gasteiger partial charge in [-0.25, -0.2) is 9.97 Å². The van der Waals surface area contributed by atoms with E-state index in [1.165, 1.54) is 6.07 Å². The zero-order valence-corrected chi connectivity index (χ0v) is 15.6. The average Bonchev–Trinajstić information content (AvgIpc) is 2.60. The lowest BCUT2D eigenvalue weighted by Gasteiger charge is -2.32. The summed E-state index contributed by atoms with van der Waals surface area (Å²) in [6.45, 7) is 6.35. The summed E-state index contributed by atoms with van der Waals surface area (Å²) in [5.74, 6) is -0.217. The highest BCUT2D eigenvalue weighted by molar-refractivity contribution is 5.96. The number of carbonyl (C=O) groups is 1. The van der Waals surface area contributed by atoms with Crippen molar-refractivity contribution in [1.29, 1.82) is 0 Å². The first kappa shape index (κ1) is 18.8. The highest BCUT2D eigenvalue weighted by atomic mass is 16.6. The normalized spacial score (nSPS) is 16.9. The fourth-order valence-electron chi connectivity index (χ4n) is 3.34. The molecule has 0 radical (unpaired) electrons. The van der Waals surface area contributed by atoms with Crippen LogP contribution in [0.1, 0.15) is 40.2 Å². The highest BCUT2D eigenvalue weighted by Crippen LogP contribution is 2.24. The molecule has 8 heteroatoms. The second kappa shape index (κ2) is 7.69. The number of nitro groups is 1. The molecular formula is C19H22N4O4. The van der Waals surface area contributed by atoms with Crippen molar-refractivity contribution in [1.82, 2.24) is 14.9 Å². The molecule has 0 spiro atoms. The van der Waals surface area contributed by atoms with Gasteiger partial charge < -0.3 is 9.64 Å². The number of carbonyl (C=O) groups excluding carboxylic acids is 1. The van der Waals surface area contributed by atoms with Gasteiger partial charge in [0.05, 0.1) is 11.5 Å². The molecule has 0 aliphatic carbocycles. The van der Waals surface area contributed by atoms with Crippen LogP contribution in [0.3, 0.4) is 0 Å². The van der Waals surface area contributed by atoms with Gasteiger partial charge in [-0.15, -0.1) is 0 Å². The van der Waals surface area contributed by atoms with Gasteiger partial charge in [0.2, 0.25) is 0 Å². The van der Waals surface area contributed by atoms with Gasteiger partial charge in [0.15, 0.2) is 0 Å². The van der Waals surface area contributed by atoms with Crippen LogP contribution in [-0.2, 0) is 0 Å². The third kappa shape index (κ3) is 4.21. The van der Waals surface area contributed by atoms with E-state index in [0.29, 0.717) is 30.2 Å². The van der Waals surface area contributed by atoms with Crippen molar-refractivity contribution >= 4 is 11.6 Å². The molecule has 1 aliphatic heterocycles. The molecular weight excluding hydrogens is 348 g/mol. The number of piperidine rings is 1. The molecule has 27 heavy (non-hydrogen) atoms.